The normalized spacial score (nSPS) is 18.8. The largest absolute Gasteiger partial charge is 0.457 e. The lowest BCUT2D eigenvalue weighted by atomic mass is 9.84. The molecule has 0 saturated carbocycles. The Bertz CT molecular complexity index is 986. The van der Waals surface area contributed by atoms with Crippen molar-refractivity contribution in [1.82, 2.24) is 5.32 Å². The van der Waals surface area contributed by atoms with Crippen LogP contribution in [-0.2, 0) is 6.54 Å². The molecule has 3 N–H and O–H groups in total. The predicted molar refractivity (Wildman–Crippen MR) is 125 cm³/mol. The van der Waals surface area contributed by atoms with E-state index in [1.807, 2.05) is 24.3 Å². The summed E-state index contributed by atoms with van der Waals surface area (Å²) >= 11 is 0. The van der Waals surface area contributed by atoms with Gasteiger partial charge in [-0.05, 0) is 67.9 Å². The molecule has 2 heterocycles. The van der Waals surface area contributed by atoms with Gasteiger partial charge in [0.2, 0.25) is 0 Å². The number of benzene rings is 2. The molecular weight excluding hydrogens is 372 g/mol. The van der Waals surface area contributed by atoms with Crippen molar-refractivity contribution in [1.29, 1.82) is 0 Å². The van der Waals surface area contributed by atoms with Crippen LogP contribution in [0.3, 0.4) is 0 Å². The molecule has 2 aromatic rings. The fraction of sp³-hybridized carbons (Fsp3) is 0.240. The fourth-order valence-corrected chi connectivity index (χ4v) is 3.95. The Balaban J connectivity index is 1.57. The number of nitrogens with zero attached hydrogens (tertiary/aromatic N) is 1. The second-order valence-corrected chi connectivity index (χ2v) is 7.55. The van der Waals surface area contributed by atoms with Gasteiger partial charge in [-0.1, -0.05) is 43.5 Å². The first-order valence-corrected chi connectivity index (χ1v) is 10.3. The van der Waals surface area contributed by atoms with Crippen LogP contribution in [-0.4, -0.2) is 24.5 Å². The average Bonchev–Trinajstić information content (AvgIpc) is 2.78. The summed E-state index contributed by atoms with van der Waals surface area (Å²) in [5.74, 6) is 2.43. The molecule has 4 rings (SSSR count). The van der Waals surface area contributed by atoms with Crippen molar-refractivity contribution < 1.29 is 4.74 Å². The lowest BCUT2D eigenvalue weighted by Gasteiger charge is -2.44. The molecule has 0 amide bonds. The maximum Gasteiger partial charge on any atom is 0.127 e. The quantitative estimate of drug-likeness (QED) is 0.478. The third kappa shape index (κ3) is 4.31. The number of aliphatic imine (C=N–C) groups is 1. The van der Waals surface area contributed by atoms with Crippen molar-refractivity contribution >= 4 is 17.2 Å². The van der Waals surface area contributed by atoms with E-state index in [1.165, 1.54) is 0 Å². The summed E-state index contributed by atoms with van der Waals surface area (Å²) in [5.41, 5.74) is 3.14. The molecule has 1 saturated heterocycles. The van der Waals surface area contributed by atoms with Gasteiger partial charge in [0.05, 0.1) is 23.5 Å². The summed E-state index contributed by atoms with van der Waals surface area (Å²) in [6.07, 6.45) is 7.13. The number of allylic oxidation sites excluding steroid dienone is 3. The number of hydrogen-bond donors (Lipinski definition) is 3. The zero-order valence-corrected chi connectivity index (χ0v) is 17.2. The van der Waals surface area contributed by atoms with Gasteiger partial charge in [-0.2, -0.15) is 0 Å². The van der Waals surface area contributed by atoms with Crippen molar-refractivity contribution in [3.63, 3.8) is 0 Å². The fourth-order valence-electron chi connectivity index (χ4n) is 3.95. The van der Waals surface area contributed by atoms with Crippen LogP contribution in [0.2, 0.25) is 0 Å². The SMILES string of the molecule is C=C/C=C(\C=C)Oc1cccc(CN=C2Nc3ccccc3NC23CCNCC3)c1. The van der Waals surface area contributed by atoms with Crippen molar-refractivity contribution in [2.45, 2.75) is 24.9 Å². The van der Waals surface area contributed by atoms with Crippen LogP contribution in [0.4, 0.5) is 11.4 Å². The van der Waals surface area contributed by atoms with Crippen LogP contribution in [0.5, 0.6) is 5.75 Å². The number of ether oxygens (including phenoxy) is 1. The Morgan fingerprint density at radius 3 is 2.63 bits per heavy atom. The smallest absolute Gasteiger partial charge is 0.127 e. The summed E-state index contributed by atoms with van der Waals surface area (Å²) in [5, 5.41) is 10.8. The molecule has 0 aromatic heterocycles. The highest BCUT2D eigenvalue weighted by Gasteiger charge is 2.40. The van der Waals surface area contributed by atoms with E-state index in [0.717, 1.165) is 54.5 Å². The lowest BCUT2D eigenvalue weighted by molar-refractivity contribution is 0.419. The number of para-hydroxylation sites is 2. The highest BCUT2D eigenvalue weighted by Crippen LogP contribution is 2.35. The Morgan fingerprint density at radius 2 is 1.87 bits per heavy atom. The molecule has 1 fully saturated rings. The highest BCUT2D eigenvalue weighted by molar-refractivity contribution is 6.09. The van der Waals surface area contributed by atoms with Gasteiger partial charge in [0.15, 0.2) is 0 Å². The van der Waals surface area contributed by atoms with E-state index in [2.05, 4.69) is 53.4 Å². The van der Waals surface area contributed by atoms with Gasteiger partial charge in [0, 0.05) is 0 Å². The molecule has 1 spiro atoms. The summed E-state index contributed by atoms with van der Waals surface area (Å²) < 4.78 is 5.88. The van der Waals surface area contributed by atoms with Gasteiger partial charge in [-0.3, -0.25) is 4.99 Å². The maximum absolute atomic E-state index is 5.88. The molecule has 0 unspecified atom stereocenters. The van der Waals surface area contributed by atoms with E-state index >= 15 is 0 Å². The van der Waals surface area contributed by atoms with Crippen molar-refractivity contribution in [3.8, 4) is 5.75 Å². The van der Waals surface area contributed by atoms with Gasteiger partial charge in [0.25, 0.3) is 0 Å². The molecule has 0 bridgehead atoms. The van der Waals surface area contributed by atoms with E-state index in [9.17, 15) is 0 Å². The third-order valence-electron chi connectivity index (χ3n) is 5.50. The minimum Gasteiger partial charge on any atom is -0.457 e. The van der Waals surface area contributed by atoms with E-state index in [4.69, 9.17) is 9.73 Å². The van der Waals surface area contributed by atoms with Crippen LogP contribution in [0.25, 0.3) is 0 Å². The number of fused-ring (bicyclic) bond motifs is 1. The minimum atomic E-state index is -0.156. The first kappa shape index (κ1) is 20.0. The van der Waals surface area contributed by atoms with E-state index in [1.54, 1.807) is 18.2 Å². The van der Waals surface area contributed by atoms with Gasteiger partial charge < -0.3 is 20.7 Å². The second-order valence-electron chi connectivity index (χ2n) is 7.55. The van der Waals surface area contributed by atoms with Crippen molar-refractivity contribution in [3.05, 3.63) is 91.2 Å². The summed E-state index contributed by atoms with van der Waals surface area (Å²) in [7, 11) is 0. The molecule has 2 aromatic carbocycles. The van der Waals surface area contributed by atoms with Crippen LogP contribution in [0, 0.1) is 0 Å². The Kier molecular flexibility index (Phi) is 6.00. The summed E-state index contributed by atoms with van der Waals surface area (Å²) in [6.45, 7) is 10.0. The molecule has 5 nitrogen and oxygen atoms in total. The molecule has 2 aliphatic rings. The zero-order chi connectivity index (χ0) is 20.8. The number of nitrogens with one attached hydrogen (secondary N) is 3. The number of hydrogen-bond acceptors (Lipinski definition) is 4. The van der Waals surface area contributed by atoms with Gasteiger partial charge in [-0.25, -0.2) is 0 Å². The Labute approximate surface area is 178 Å². The number of piperidine rings is 1. The van der Waals surface area contributed by atoms with Crippen molar-refractivity contribution in [2.75, 3.05) is 23.7 Å². The predicted octanol–water partition coefficient (Wildman–Crippen LogP) is 4.88. The van der Waals surface area contributed by atoms with Crippen LogP contribution in [0.15, 0.2) is 90.7 Å². The maximum atomic E-state index is 5.88. The number of rotatable bonds is 6. The second kappa shape index (κ2) is 9.01. The van der Waals surface area contributed by atoms with E-state index in [0.29, 0.717) is 12.3 Å². The average molecular weight is 401 g/mol. The summed E-state index contributed by atoms with van der Waals surface area (Å²) in [4.78, 5) is 5.01. The Hall–Kier alpha value is -3.31. The minimum absolute atomic E-state index is 0.156. The first-order chi connectivity index (χ1) is 14.7. The van der Waals surface area contributed by atoms with Crippen LogP contribution >= 0.6 is 0 Å². The third-order valence-corrected chi connectivity index (χ3v) is 5.50. The van der Waals surface area contributed by atoms with E-state index in [-0.39, 0.29) is 5.54 Å². The molecule has 154 valence electrons. The van der Waals surface area contributed by atoms with Gasteiger partial charge in [-0.15, -0.1) is 0 Å². The van der Waals surface area contributed by atoms with Crippen LogP contribution in [0.1, 0.15) is 18.4 Å². The summed E-state index contributed by atoms with van der Waals surface area (Å²) in [6, 6.07) is 16.3. The highest BCUT2D eigenvalue weighted by atomic mass is 16.5. The Morgan fingerprint density at radius 1 is 1.07 bits per heavy atom. The molecule has 0 atom stereocenters. The molecule has 0 aliphatic carbocycles. The molecule has 5 heteroatoms. The van der Waals surface area contributed by atoms with E-state index < -0.39 is 0 Å². The molecule has 0 radical (unpaired) electrons. The van der Waals surface area contributed by atoms with Gasteiger partial charge >= 0.3 is 0 Å². The monoisotopic (exact) mass is 400 g/mol. The molecule has 30 heavy (non-hydrogen) atoms. The topological polar surface area (TPSA) is 57.7 Å². The van der Waals surface area contributed by atoms with Gasteiger partial charge in [0.1, 0.15) is 17.3 Å². The first-order valence-electron chi connectivity index (χ1n) is 10.3. The number of amidine groups is 1. The molecular formula is C25H28N4O. The lowest BCUT2D eigenvalue weighted by Crippen LogP contribution is -2.57. The van der Waals surface area contributed by atoms with Crippen LogP contribution < -0.4 is 20.7 Å². The number of anilines is 2. The standard InChI is InChI=1S/C25H28N4O/c1-3-8-20(4-2)30-21-10-7-9-19(17-21)18-27-24-25(13-15-26-16-14-25)29-23-12-6-5-11-22(23)28-24/h3-12,17,26,29H,1-2,13-16,18H2,(H,27,28)/b20-8+. The van der Waals surface area contributed by atoms with Crippen molar-refractivity contribution in [2.24, 2.45) is 4.99 Å². The zero-order valence-electron chi connectivity index (χ0n) is 17.2. The molecule has 2 aliphatic heterocycles.